The van der Waals surface area contributed by atoms with E-state index in [1.807, 2.05) is 19.1 Å². The van der Waals surface area contributed by atoms with Gasteiger partial charge in [-0.1, -0.05) is 63.6 Å². The predicted octanol–water partition coefficient (Wildman–Crippen LogP) is 5.24. The lowest BCUT2D eigenvalue weighted by atomic mass is 9.87. The maximum atomic E-state index is 12.7. The summed E-state index contributed by atoms with van der Waals surface area (Å²) in [7, 11) is -1.72. The third-order valence-corrected chi connectivity index (χ3v) is 5.60. The molecule has 30 heavy (non-hydrogen) atoms. The zero-order valence-electron chi connectivity index (χ0n) is 18.3. The van der Waals surface area contributed by atoms with Gasteiger partial charge in [0.15, 0.2) is 0 Å². The molecular weight excluding hydrogens is 422 g/mol. The minimum atomic E-state index is -3.43. The first-order chi connectivity index (χ1) is 13.8. The zero-order valence-corrected chi connectivity index (χ0v) is 19.9. The standard InChI is InChI=1S/C22H30ClN3O3S/c1-7-16-12-20(18(23)13-19(16)25-30(6,28)29)24-21(27)26(5)14-15-8-10-17(11-9-15)22(2,3)4/h8-13,25H,7,14H2,1-6H3,(H,24,27). The van der Waals surface area contributed by atoms with Crippen LogP contribution in [0.15, 0.2) is 36.4 Å². The molecule has 0 unspecified atom stereocenters. The Kier molecular flexibility index (Phi) is 7.42. The van der Waals surface area contributed by atoms with Gasteiger partial charge in [0, 0.05) is 13.6 Å². The van der Waals surface area contributed by atoms with Crippen LogP contribution < -0.4 is 10.0 Å². The maximum Gasteiger partial charge on any atom is 0.321 e. The SMILES string of the molecule is CCc1cc(NC(=O)N(C)Cc2ccc(C(C)(C)C)cc2)c(Cl)cc1NS(C)(=O)=O. The second kappa shape index (κ2) is 9.27. The number of carbonyl (C=O) groups is 1. The largest absolute Gasteiger partial charge is 0.323 e. The van der Waals surface area contributed by atoms with Crippen LogP contribution in [0.25, 0.3) is 0 Å². The Morgan fingerprint density at radius 1 is 1.10 bits per heavy atom. The summed E-state index contributed by atoms with van der Waals surface area (Å²) in [5, 5.41) is 3.07. The van der Waals surface area contributed by atoms with Crippen molar-refractivity contribution in [2.24, 2.45) is 0 Å². The summed E-state index contributed by atoms with van der Waals surface area (Å²) in [6.45, 7) is 8.82. The number of nitrogens with one attached hydrogen (secondary N) is 2. The van der Waals surface area contributed by atoms with Crippen LogP contribution in [0.3, 0.4) is 0 Å². The summed E-state index contributed by atoms with van der Waals surface area (Å²) < 4.78 is 25.6. The molecule has 0 atom stereocenters. The highest BCUT2D eigenvalue weighted by Crippen LogP contribution is 2.31. The van der Waals surface area contributed by atoms with Crippen molar-refractivity contribution in [2.45, 2.75) is 46.1 Å². The normalized spacial score (nSPS) is 11.8. The number of aryl methyl sites for hydroxylation is 1. The first-order valence-corrected chi connectivity index (χ1v) is 12.0. The Morgan fingerprint density at radius 2 is 1.70 bits per heavy atom. The molecule has 8 heteroatoms. The molecule has 2 amide bonds. The number of halogens is 1. The van der Waals surface area contributed by atoms with Crippen molar-refractivity contribution in [3.63, 3.8) is 0 Å². The van der Waals surface area contributed by atoms with Gasteiger partial charge in [-0.15, -0.1) is 0 Å². The van der Waals surface area contributed by atoms with Gasteiger partial charge < -0.3 is 10.2 Å². The number of nitrogens with zero attached hydrogens (tertiary/aromatic N) is 1. The molecule has 0 bridgehead atoms. The summed E-state index contributed by atoms with van der Waals surface area (Å²) >= 11 is 6.29. The van der Waals surface area contributed by atoms with E-state index in [9.17, 15) is 13.2 Å². The molecule has 0 heterocycles. The number of carbonyl (C=O) groups excluding carboxylic acids is 1. The number of urea groups is 1. The lowest BCUT2D eigenvalue weighted by molar-refractivity contribution is 0.220. The van der Waals surface area contributed by atoms with Gasteiger partial charge in [0.05, 0.1) is 22.7 Å². The quantitative estimate of drug-likeness (QED) is 0.630. The van der Waals surface area contributed by atoms with E-state index < -0.39 is 10.0 Å². The summed E-state index contributed by atoms with van der Waals surface area (Å²) in [5.41, 5.74) is 3.92. The number of sulfonamides is 1. The third-order valence-electron chi connectivity index (χ3n) is 4.70. The van der Waals surface area contributed by atoms with Crippen LogP contribution in [0.2, 0.25) is 5.02 Å². The van der Waals surface area contributed by atoms with Gasteiger partial charge in [-0.05, 0) is 40.7 Å². The molecule has 6 nitrogen and oxygen atoms in total. The Bertz CT molecular complexity index is 1010. The topological polar surface area (TPSA) is 78.5 Å². The van der Waals surface area contributed by atoms with Crippen LogP contribution in [0.1, 0.15) is 44.4 Å². The van der Waals surface area contributed by atoms with E-state index in [0.29, 0.717) is 24.3 Å². The predicted molar refractivity (Wildman–Crippen MR) is 125 cm³/mol. The van der Waals surface area contributed by atoms with E-state index in [4.69, 9.17) is 11.6 Å². The minimum Gasteiger partial charge on any atom is -0.323 e. The molecule has 0 radical (unpaired) electrons. The molecular formula is C22H30ClN3O3S. The van der Waals surface area contributed by atoms with Crippen molar-refractivity contribution in [3.8, 4) is 0 Å². The van der Waals surface area contributed by atoms with Crippen molar-refractivity contribution in [1.82, 2.24) is 4.90 Å². The summed E-state index contributed by atoms with van der Waals surface area (Å²) in [4.78, 5) is 14.2. The van der Waals surface area contributed by atoms with Crippen molar-refractivity contribution >= 4 is 39.0 Å². The van der Waals surface area contributed by atoms with Crippen LogP contribution in [-0.4, -0.2) is 32.7 Å². The van der Waals surface area contributed by atoms with Gasteiger partial charge in [-0.25, -0.2) is 13.2 Å². The second-order valence-corrected chi connectivity index (χ2v) is 10.6. The van der Waals surface area contributed by atoms with Crippen LogP contribution in [0, 0.1) is 0 Å². The Morgan fingerprint density at radius 3 is 2.20 bits per heavy atom. The van der Waals surface area contributed by atoms with Gasteiger partial charge >= 0.3 is 6.03 Å². The van der Waals surface area contributed by atoms with E-state index in [0.717, 1.165) is 17.4 Å². The van der Waals surface area contributed by atoms with Gasteiger partial charge in [0.1, 0.15) is 0 Å². The molecule has 0 fully saturated rings. The fraction of sp³-hybridized carbons (Fsp3) is 0.409. The summed E-state index contributed by atoms with van der Waals surface area (Å²) in [6, 6.07) is 11.1. The Labute approximate surface area is 184 Å². The van der Waals surface area contributed by atoms with E-state index in [1.54, 1.807) is 18.0 Å². The lowest BCUT2D eigenvalue weighted by Crippen LogP contribution is -2.31. The first-order valence-electron chi connectivity index (χ1n) is 9.72. The maximum absolute atomic E-state index is 12.7. The number of amides is 2. The molecule has 0 aromatic heterocycles. The lowest BCUT2D eigenvalue weighted by Gasteiger charge is -2.22. The van der Waals surface area contributed by atoms with Crippen LogP contribution in [-0.2, 0) is 28.4 Å². The highest BCUT2D eigenvalue weighted by Gasteiger charge is 2.16. The number of hydrogen-bond acceptors (Lipinski definition) is 3. The molecule has 0 saturated carbocycles. The molecule has 2 N–H and O–H groups in total. The smallest absolute Gasteiger partial charge is 0.321 e. The fourth-order valence-electron chi connectivity index (χ4n) is 2.97. The highest BCUT2D eigenvalue weighted by molar-refractivity contribution is 7.92. The van der Waals surface area contributed by atoms with Crippen LogP contribution >= 0.6 is 11.6 Å². The second-order valence-electron chi connectivity index (χ2n) is 8.45. The van der Waals surface area contributed by atoms with Gasteiger partial charge in [0.2, 0.25) is 10.0 Å². The zero-order chi connectivity index (χ0) is 22.7. The fourth-order valence-corrected chi connectivity index (χ4v) is 3.77. The van der Waals surface area contributed by atoms with E-state index >= 15 is 0 Å². The van der Waals surface area contributed by atoms with Gasteiger partial charge in [-0.3, -0.25) is 4.72 Å². The third kappa shape index (κ3) is 6.64. The van der Waals surface area contributed by atoms with E-state index in [-0.39, 0.29) is 16.5 Å². The summed E-state index contributed by atoms with van der Waals surface area (Å²) in [5.74, 6) is 0. The average molecular weight is 452 g/mol. The number of benzene rings is 2. The van der Waals surface area contributed by atoms with E-state index in [2.05, 4.69) is 42.9 Å². The minimum absolute atomic E-state index is 0.0771. The van der Waals surface area contributed by atoms with Crippen LogP contribution in [0.5, 0.6) is 0 Å². The van der Waals surface area contributed by atoms with Crippen molar-refractivity contribution < 1.29 is 13.2 Å². The van der Waals surface area contributed by atoms with Crippen molar-refractivity contribution in [3.05, 3.63) is 58.1 Å². The molecule has 0 spiro atoms. The number of anilines is 2. The molecule has 2 rings (SSSR count). The monoisotopic (exact) mass is 451 g/mol. The average Bonchev–Trinajstić information content (AvgIpc) is 2.62. The Balaban J connectivity index is 2.13. The number of rotatable bonds is 6. The Hall–Kier alpha value is -2.25. The molecule has 0 aliphatic carbocycles. The highest BCUT2D eigenvalue weighted by atomic mass is 35.5. The molecule has 0 aliphatic rings. The van der Waals surface area contributed by atoms with E-state index in [1.165, 1.54) is 11.6 Å². The summed E-state index contributed by atoms with van der Waals surface area (Å²) in [6.07, 6.45) is 1.66. The molecule has 0 saturated heterocycles. The van der Waals surface area contributed by atoms with Crippen molar-refractivity contribution in [1.29, 1.82) is 0 Å². The molecule has 0 aliphatic heterocycles. The van der Waals surface area contributed by atoms with Gasteiger partial charge in [0.25, 0.3) is 0 Å². The molecule has 2 aromatic rings. The van der Waals surface area contributed by atoms with Crippen molar-refractivity contribution in [2.75, 3.05) is 23.3 Å². The molecule has 2 aromatic carbocycles. The first kappa shape index (κ1) is 24.0. The van der Waals surface area contributed by atoms with Gasteiger partial charge in [-0.2, -0.15) is 0 Å². The number of hydrogen-bond donors (Lipinski definition) is 2. The van der Waals surface area contributed by atoms with Crippen LogP contribution in [0.4, 0.5) is 16.2 Å². The molecule has 164 valence electrons.